The van der Waals surface area contributed by atoms with Crippen molar-refractivity contribution in [3.63, 3.8) is 0 Å². The molecule has 0 aliphatic heterocycles. The summed E-state index contributed by atoms with van der Waals surface area (Å²) in [7, 11) is 0. The molecule has 2 rings (SSSR count). The topological polar surface area (TPSA) is 49.3 Å². The molecule has 1 aliphatic carbocycles. The molecule has 2 N–H and O–H groups in total. The first-order valence-electron chi connectivity index (χ1n) is 6.19. The largest absolute Gasteiger partial charge is 0.396 e. The first-order valence-corrected chi connectivity index (χ1v) is 6.19. The van der Waals surface area contributed by atoms with Crippen molar-refractivity contribution in [2.24, 2.45) is 5.92 Å². The third kappa shape index (κ3) is 2.86. The second-order valence-corrected chi connectivity index (χ2v) is 4.82. The minimum atomic E-state index is -0.0287. The average Bonchev–Trinajstić information content (AvgIpc) is 2.76. The second kappa shape index (κ2) is 5.32. The summed E-state index contributed by atoms with van der Waals surface area (Å²) in [5.41, 5.74) is 1.79. The fraction of sp³-hybridized carbons (Fsp3) is 0.500. The van der Waals surface area contributed by atoms with Crippen molar-refractivity contribution in [2.75, 3.05) is 6.61 Å². The summed E-state index contributed by atoms with van der Waals surface area (Å²) in [6, 6.07) is 7.71. The number of amides is 1. The Kier molecular flexibility index (Phi) is 3.79. The Hall–Kier alpha value is -1.35. The standard InChI is InChI=1S/C14H19NO2/c1-10-4-2-5-11(8-10)14(17)15-13-7-3-6-12(13)9-16/h2,4-5,8,12-13,16H,3,6-7,9H2,1H3,(H,15,17). The highest BCUT2D eigenvalue weighted by Gasteiger charge is 2.27. The first-order chi connectivity index (χ1) is 8.20. The molecule has 3 heteroatoms. The monoisotopic (exact) mass is 233 g/mol. The molecule has 0 bridgehead atoms. The predicted octanol–water partition coefficient (Wildman–Crippen LogP) is 1.89. The molecule has 0 aromatic heterocycles. The third-order valence-corrected chi connectivity index (χ3v) is 3.49. The number of carbonyl (C=O) groups excluding carboxylic acids is 1. The van der Waals surface area contributed by atoms with Crippen LogP contribution in [0.3, 0.4) is 0 Å². The van der Waals surface area contributed by atoms with E-state index in [0.29, 0.717) is 5.56 Å². The molecule has 1 fully saturated rings. The van der Waals surface area contributed by atoms with Crippen molar-refractivity contribution in [3.8, 4) is 0 Å². The maximum absolute atomic E-state index is 12.0. The number of benzene rings is 1. The Bertz CT molecular complexity index is 403. The van der Waals surface area contributed by atoms with Gasteiger partial charge in [0, 0.05) is 24.1 Å². The number of aliphatic hydroxyl groups excluding tert-OH is 1. The number of nitrogens with one attached hydrogen (secondary N) is 1. The van der Waals surface area contributed by atoms with Crippen molar-refractivity contribution in [2.45, 2.75) is 32.2 Å². The van der Waals surface area contributed by atoms with Crippen LogP contribution in [0.15, 0.2) is 24.3 Å². The molecule has 2 unspecified atom stereocenters. The molecule has 1 aromatic carbocycles. The molecule has 17 heavy (non-hydrogen) atoms. The molecule has 0 saturated heterocycles. The molecule has 92 valence electrons. The van der Waals surface area contributed by atoms with Gasteiger partial charge >= 0.3 is 0 Å². The van der Waals surface area contributed by atoms with Gasteiger partial charge in [-0.25, -0.2) is 0 Å². The van der Waals surface area contributed by atoms with Gasteiger partial charge in [0.1, 0.15) is 0 Å². The zero-order chi connectivity index (χ0) is 12.3. The number of aryl methyl sites for hydroxylation is 1. The summed E-state index contributed by atoms with van der Waals surface area (Å²) < 4.78 is 0. The number of hydrogen-bond acceptors (Lipinski definition) is 2. The number of hydrogen-bond donors (Lipinski definition) is 2. The third-order valence-electron chi connectivity index (χ3n) is 3.49. The summed E-state index contributed by atoms with van der Waals surface area (Å²) in [5, 5.41) is 12.2. The van der Waals surface area contributed by atoms with E-state index in [1.54, 1.807) is 0 Å². The normalized spacial score (nSPS) is 23.6. The van der Waals surface area contributed by atoms with Gasteiger partial charge in [-0.3, -0.25) is 4.79 Å². The zero-order valence-electron chi connectivity index (χ0n) is 10.1. The molecule has 1 aromatic rings. The van der Waals surface area contributed by atoms with E-state index in [1.165, 1.54) is 0 Å². The highest BCUT2D eigenvalue weighted by Crippen LogP contribution is 2.25. The number of carbonyl (C=O) groups is 1. The minimum Gasteiger partial charge on any atom is -0.396 e. The Morgan fingerprint density at radius 2 is 2.29 bits per heavy atom. The second-order valence-electron chi connectivity index (χ2n) is 4.82. The summed E-state index contributed by atoms with van der Waals surface area (Å²) in [4.78, 5) is 12.0. The van der Waals surface area contributed by atoms with E-state index in [4.69, 9.17) is 0 Å². The van der Waals surface area contributed by atoms with E-state index in [0.717, 1.165) is 24.8 Å². The lowest BCUT2D eigenvalue weighted by Gasteiger charge is -2.19. The summed E-state index contributed by atoms with van der Waals surface area (Å²) >= 11 is 0. The molecule has 2 atom stereocenters. The van der Waals surface area contributed by atoms with Crippen molar-refractivity contribution in [3.05, 3.63) is 35.4 Å². The van der Waals surface area contributed by atoms with Gasteiger partial charge in [-0.15, -0.1) is 0 Å². The lowest BCUT2D eigenvalue weighted by Crippen LogP contribution is -2.38. The molecular weight excluding hydrogens is 214 g/mol. The Morgan fingerprint density at radius 3 is 3.00 bits per heavy atom. The van der Waals surface area contributed by atoms with Crippen LogP contribution in [0.5, 0.6) is 0 Å². The van der Waals surface area contributed by atoms with E-state index in [2.05, 4.69) is 5.32 Å². The molecule has 0 radical (unpaired) electrons. The minimum absolute atomic E-state index is 0.0287. The first kappa shape index (κ1) is 12.1. The van der Waals surface area contributed by atoms with Crippen LogP contribution in [0.1, 0.15) is 35.2 Å². The Balaban J connectivity index is 2.01. The van der Waals surface area contributed by atoms with Gasteiger partial charge in [0.2, 0.25) is 0 Å². The van der Waals surface area contributed by atoms with Crippen LogP contribution in [-0.4, -0.2) is 23.7 Å². The zero-order valence-corrected chi connectivity index (χ0v) is 10.1. The molecule has 0 heterocycles. The van der Waals surface area contributed by atoms with Crippen LogP contribution in [-0.2, 0) is 0 Å². The van der Waals surface area contributed by atoms with E-state index in [1.807, 2.05) is 31.2 Å². The fourth-order valence-electron chi connectivity index (χ4n) is 2.48. The van der Waals surface area contributed by atoms with Crippen molar-refractivity contribution < 1.29 is 9.90 Å². The van der Waals surface area contributed by atoms with Crippen molar-refractivity contribution in [1.82, 2.24) is 5.32 Å². The maximum atomic E-state index is 12.0. The quantitative estimate of drug-likeness (QED) is 0.837. The summed E-state index contributed by atoms with van der Waals surface area (Å²) in [5.74, 6) is 0.197. The van der Waals surface area contributed by atoms with E-state index in [-0.39, 0.29) is 24.5 Å². The summed E-state index contributed by atoms with van der Waals surface area (Å²) in [6.45, 7) is 2.14. The van der Waals surface area contributed by atoms with Crippen molar-refractivity contribution >= 4 is 5.91 Å². The van der Waals surface area contributed by atoms with Gasteiger partial charge in [-0.05, 0) is 31.9 Å². The van der Waals surface area contributed by atoms with Crippen LogP contribution in [0.4, 0.5) is 0 Å². The molecule has 1 aliphatic rings. The SMILES string of the molecule is Cc1cccc(C(=O)NC2CCCC2CO)c1. The highest BCUT2D eigenvalue weighted by molar-refractivity contribution is 5.94. The molecule has 1 saturated carbocycles. The van der Waals surface area contributed by atoms with Crippen LogP contribution >= 0.6 is 0 Å². The molecule has 0 spiro atoms. The van der Waals surface area contributed by atoms with E-state index in [9.17, 15) is 9.90 Å². The van der Waals surface area contributed by atoms with Gasteiger partial charge in [0.25, 0.3) is 5.91 Å². The average molecular weight is 233 g/mol. The Labute approximate surface area is 102 Å². The van der Waals surface area contributed by atoms with Gasteiger partial charge < -0.3 is 10.4 Å². The van der Waals surface area contributed by atoms with Crippen LogP contribution < -0.4 is 5.32 Å². The van der Waals surface area contributed by atoms with E-state index >= 15 is 0 Å². The van der Waals surface area contributed by atoms with Gasteiger partial charge in [0.05, 0.1) is 0 Å². The molecule has 3 nitrogen and oxygen atoms in total. The number of rotatable bonds is 3. The summed E-state index contributed by atoms with van der Waals surface area (Å²) in [6.07, 6.45) is 3.07. The highest BCUT2D eigenvalue weighted by atomic mass is 16.3. The smallest absolute Gasteiger partial charge is 0.251 e. The number of aliphatic hydroxyl groups is 1. The fourth-order valence-corrected chi connectivity index (χ4v) is 2.48. The Morgan fingerprint density at radius 1 is 1.47 bits per heavy atom. The van der Waals surface area contributed by atoms with Gasteiger partial charge in [-0.1, -0.05) is 24.1 Å². The lowest BCUT2D eigenvalue weighted by atomic mass is 10.0. The van der Waals surface area contributed by atoms with E-state index < -0.39 is 0 Å². The lowest BCUT2D eigenvalue weighted by molar-refractivity contribution is 0.0916. The maximum Gasteiger partial charge on any atom is 0.251 e. The van der Waals surface area contributed by atoms with Crippen LogP contribution in [0.2, 0.25) is 0 Å². The molecular formula is C14H19NO2. The van der Waals surface area contributed by atoms with Crippen LogP contribution in [0, 0.1) is 12.8 Å². The van der Waals surface area contributed by atoms with Gasteiger partial charge in [-0.2, -0.15) is 0 Å². The van der Waals surface area contributed by atoms with Gasteiger partial charge in [0.15, 0.2) is 0 Å². The predicted molar refractivity (Wildman–Crippen MR) is 66.9 cm³/mol. The van der Waals surface area contributed by atoms with Crippen LogP contribution in [0.25, 0.3) is 0 Å². The van der Waals surface area contributed by atoms with Crippen molar-refractivity contribution in [1.29, 1.82) is 0 Å². The molecule has 1 amide bonds.